The Morgan fingerprint density at radius 2 is 2.05 bits per heavy atom. The van der Waals surface area contributed by atoms with Crippen molar-refractivity contribution in [3.05, 3.63) is 29.6 Å². The molecule has 3 nitrogen and oxygen atoms in total. The average Bonchev–Trinajstić information content (AvgIpc) is 2.43. The molecule has 4 heteroatoms. The van der Waals surface area contributed by atoms with Gasteiger partial charge in [-0.2, -0.15) is 5.26 Å². The molecule has 1 rings (SSSR count). The van der Waals surface area contributed by atoms with Crippen LogP contribution in [0.5, 0.6) is 0 Å². The largest absolute Gasteiger partial charge is 0.370 e. The highest BCUT2D eigenvalue weighted by Gasteiger charge is 2.19. The zero-order valence-electron chi connectivity index (χ0n) is 13.5. The minimum absolute atomic E-state index is 0.0528. The summed E-state index contributed by atoms with van der Waals surface area (Å²) in [6, 6.07) is 7.32. The van der Waals surface area contributed by atoms with Crippen LogP contribution in [0.25, 0.3) is 0 Å². The fourth-order valence-electron chi connectivity index (χ4n) is 2.57. The van der Waals surface area contributed by atoms with Crippen molar-refractivity contribution < 1.29 is 4.39 Å². The molecule has 1 atom stereocenters. The Kier molecular flexibility index (Phi) is 7.18. The van der Waals surface area contributed by atoms with E-state index in [-0.39, 0.29) is 11.9 Å². The maximum absolute atomic E-state index is 14.3. The first kappa shape index (κ1) is 17.5. The Balaban J connectivity index is 3.17. The topological polar surface area (TPSA) is 39.1 Å². The third-order valence-corrected chi connectivity index (χ3v) is 3.39. The van der Waals surface area contributed by atoms with E-state index in [0.717, 1.165) is 18.8 Å². The van der Waals surface area contributed by atoms with Crippen molar-refractivity contribution in [1.82, 2.24) is 5.32 Å². The highest BCUT2D eigenvalue weighted by Crippen LogP contribution is 2.29. The quantitative estimate of drug-likeness (QED) is 0.790. The summed E-state index contributed by atoms with van der Waals surface area (Å²) in [6.45, 7) is 10.5. The maximum atomic E-state index is 14.3. The molecular weight excluding hydrogens is 265 g/mol. The summed E-state index contributed by atoms with van der Waals surface area (Å²) in [5, 5.41) is 12.1. The van der Waals surface area contributed by atoms with E-state index in [4.69, 9.17) is 5.26 Å². The Hall–Kier alpha value is -1.60. The first-order valence-corrected chi connectivity index (χ1v) is 7.64. The molecular formula is C17H26FN3. The van der Waals surface area contributed by atoms with Crippen molar-refractivity contribution in [3.63, 3.8) is 0 Å². The molecule has 0 saturated carbocycles. The van der Waals surface area contributed by atoms with E-state index in [1.54, 1.807) is 6.07 Å². The molecule has 0 saturated heterocycles. The lowest BCUT2D eigenvalue weighted by Gasteiger charge is -2.30. The van der Waals surface area contributed by atoms with E-state index in [0.29, 0.717) is 24.4 Å². The van der Waals surface area contributed by atoms with E-state index in [2.05, 4.69) is 30.1 Å². The number of benzene rings is 1. The summed E-state index contributed by atoms with van der Waals surface area (Å²) in [5.41, 5.74) is 1.59. The Morgan fingerprint density at radius 1 is 1.33 bits per heavy atom. The molecule has 1 aromatic rings. The van der Waals surface area contributed by atoms with Gasteiger partial charge in [-0.25, -0.2) is 4.39 Å². The molecule has 0 amide bonds. The van der Waals surface area contributed by atoms with Gasteiger partial charge in [-0.3, -0.25) is 0 Å². The lowest BCUT2D eigenvalue weighted by Crippen LogP contribution is -2.31. The minimum Gasteiger partial charge on any atom is -0.370 e. The highest BCUT2D eigenvalue weighted by atomic mass is 19.1. The molecule has 0 heterocycles. The Labute approximate surface area is 127 Å². The number of rotatable bonds is 8. The monoisotopic (exact) mass is 291 g/mol. The van der Waals surface area contributed by atoms with Gasteiger partial charge < -0.3 is 10.2 Å². The van der Waals surface area contributed by atoms with E-state index in [1.165, 1.54) is 6.07 Å². The molecule has 0 spiro atoms. The summed E-state index contributed by atoms with van der Waals surface area (Å²) in [6.07, 6.45) is 0.443. The molecule has 21 heavy (non-hydrogen) atoms. The van der Waals surface area contributed by atoms with Crippen LogP contribution in [0.3, 0.4) is 0 Å². The average molecular weight is 291 g/mol. The van der Waals surface area contributed by atoms with Crippen molar-refractivity contribution >= 4 is 5.69 Å². The second-order valence-electron chi connectivity index (χ2n) is 5.70. The normalized spacial score (nSPS) is 12.2. The molecule has 1 aromatic carbocycles. The third-order valence-electron chi connectivity index (χ3n) is 3.39. The van der Waals surface area contributed by atoms with Crippen LogP contribution in [0.4, 0.5) is 10.1 Å². The van der Waals surface area contributed by atoms with Gasteiger partial charge in [0.2, 0.25) is 0 Å². The first-order valence-electron chi connectivity index (χ1n) is 7.64. The number of nitrogens with one attached hydrogen (secondary N) is 1. The molecule has 0 aliphatic carbocycles. The van der Waals surface area contributed by atoms with Crippen LogP contribution >= 0.6 is 0 Å². The number of nitriles is 1. The fourth-order valence-corrected chi connectivity index (χ4v) is 2.57. The van der Waals surface area contributed by atoms with Gasteiger partial charge in [0.25, 0.3) is 0 Å². The third kappa shape index (κ3) is 5.02. The summed E-state index contributed by atoms with van der Waals surface area (Å²) in [5.74, 6) is 0.265. The SMILES string of the molecule is CCNC(C)c1c(F)cccc1N(CCC#N)CC(C)C. The molecule has 0 radical (unpaired) electrons. The van der Waals surface area contributed by atoms with Crippen molar-refractivity contribution in [2.24, 2.45) is 5.92 Å². The van der Waals surface area contributed by atoms with E-state index >= 15 is 0 Å². The Morgan fingerprint density at radius 3 is 2.62 bits per heavy atom. The molecule has 1 unspecified atom stereocenters. The zero-order chi connectivity index (χ0) is 15.8. The number of hydrogen-bond acceptors (Lipinski definition) is 3. The van der Waals surface area contributed by atoms with Crippen molar-refractivity contribution in [1.29, 1.82) is 5.26 Å². The van der Waals surface area contributed by atoms with E-state index in [1.807, 2.05) is 19.9 Å². The lowest BCUT2D eigenvalue weighted by atomic mass is 10.0. The molecule has 0 bridgehead atoms. The molecule has 116 valence electrons. The molecule has 1 N–H and O–H groups in total. The fraction of sp³-hybridized carbons (Fsp3) is 0.588. The van der Waals surface area contributed by atoms with Crippen LogP contribution in [-0.2, 0) is 0 Å². The van der Waals surface area contributed by atoms with Crippen LogP contribution in [0, 0.1) is 23.1 Å². The van der Waals surface area contributed by atoms with Crippen LogP contribution in [0.15, 0.2) is 18.2 Å². The van der Waals surface area contributed by atoms with Crippen LogP contribution in [0.2, 0.25) is 0 Å². The van der Waals surface area contributed by atoms with Crippen molar-refractivity contribution in [3.8, 4) is 6.07 Å². The van der Waals surface area contributed by atoms with Gasteiger partial charge in [0.15, 0.2) is 0 Å². The summed E-state index contributed by atoms with van der Waals surface area (Å²) in [4.78, 5) is 2.13. The van der Waals surface area contributed by atoms with Gasteiger partial charge in [0.1, 0.15) is 5.82 Å². The zero-order valence-corrected chi connectivity index (χ0v) is 13.5. The second kappa shape index (κ2) is 8.63. The van der Waals surface area contributed by atoms with Gasteiger partial charge in [-0.1, -0.05) is 26.8 Å². The number of hydrogen-bond donors (Lipinski definition) is 1. The molecule has 0 aliphatic rings. The first-order chi connectivity index (χ1) is 10.0. The maximum Gasteiger partial charge on any atom is 0.130 e. The van der Waals surface area contributed by atoms with Gasteiger partial charge in [0, 0.05) is 30.4 Å². The van der Waals surface area contributed by atoms with Crippen molar-refractivity contribution in [2.45, 2.75) is 40.2 Å². The second-order valence-corrected chi connectivity index (χ2v) is 5.70. The van der Waals surface area contributed by atoms with Crippen LogP contribution in [0.1, 0.15) is 45.7 Å². The molecule has 0 aromatic heterocycles. The molecule has 0 fully saturated rings. The van der Waals surface area contributed by atoms with Gasteiger partial charge in [0.05, 0.1) is 12.5 Å². The lowest BCUT2D eigenvalue weighted by molar-refractivity contribution is 0.534. The smallest absolute Gasteiger partial charge is 0.130 e. The molecule has 0 aliphatic heterocycles. The van der Waals surface area contributed by atoms with Gasteiger partial charge in [-0.05, 0) is 31.5 Å². The predicted octanol–water partition coefficient (Wildman–Crippen LogP) is 3.87. The van der Waals surface area contributed by atoms with Crippen molar-refractivity contribution in [2.75, 3.05) is 24.5 Å². The Bertz CT molecular complexity index is 479. The summed E-state index contributed by atoms with van der Waals surface area (Å²) in [7, 11) is 0. The number of nitrogens with zero attached hydrogens (tertiary/aromatic N) is 2. The van der Waals surface area contributed by atoms with Gasteiger partial charge in [-0.15, -0.1) is 0 Å². The van der Waals surface area contributed by atoms with Gasteiger partial charge >= 0.3 is 0 Å². The number of halogens is 1. The summed E-state index contributed by atoms with van der Waals surface area (Å²) >= 11 is 0. The number of anilines is 1. The highest BCUT2D eigenvalue weighted by molar-refractivity contribution is 5.55. The summed E-state index contributed by atoms with van der Waals surface area (Å²) < 4.78 is 14.3. The minimum atomic E-state index is -0.188. The predicted molar refractivity (Wildman–Crippen MR) is 85.8 cm³/mol. The standard InChI is InChI=1S/C17H26FN3/c1-5-20-14(4)17-15(18)8-6-9-16(17)21(11-7-10-19)12-13(2)3/h6,8-9,13-14,20H,5,7,11-12H2,1-4H3. The van der Waals surface area contributed by atoms with E-state index in [9.17, 15) is 4.39 Å². The van der Waals surface area contributed by atoms with Crippen LogP contribution in [-0.4, -0.2) is 19.6 Å². The van der Waals surface area contributed by atoms with E-state index < -0.39 is 0 Å². The van der Waals surface area contributed by atoms with Crippen LogP contribution < -0.4 is 10.2 Å².